The van der Waals surface area contributed by atoms with Crippen LogP contribution in [0.3, 0.4) is 0 Å². The van der Waals surface area contributed by atoms with Crippen LogP contribution in [0.1, 0.15) is 32.3 Å². The Hall–Kier alpha value is -1.59. The molecule has 2 unspecified atom stereocenters. The molecule has 0 aliphatic carbocycles. The molecule has 0 aromatic heterocycles. The molecule has 112 valence electrons. The van der Waals surface area contributed by atoms with E-state index in [9.17, 15) is 22.4 Å². The van der Waals surface area contributed by atoms with Gasteiger partial charge in [-0.25, -0.2) is 4.39 Å². The van der Waals surface area contributed by atoms with Crippen LogP contribution in [-0.2, 0) is 9.53 Å². The van der Waals surface area contributed by atoms with Crippen molar-refractivity contribution < 1.29 is 27.1 Å². The molecule has 0 aliphatic rings. The second-order valence-electron chi connectivity index (χ2n) is 4.85. The fraction of sp³-hybridized carbons (Fsp3) is 0.500. The molecule has 0 bridgehead atoms. The van der Waals surface area contributed by atoms with E-state index in [1.165, 1.54) is 12.1 Å². The molecule has 20 heavy (non-hydrogen) atoms. The molecule has 0 saturated heterocycles. The first-order valence-electron chi connectivity index (χ1n) is 6.15. The molecule has 0 aliphatic heterocycles. The first-order chi connectivity index (χ1) is 9.12. The SMILES string of the molecule is CC(C)OC(=O)C(c1ccc(F)cc1)C(C)C(F)(F)F. The number of esters is 1. The molecule has 6 heteroatoms. The number of alkyl halides is 3. The average molecular weight is 292 g/mol. The summed E-state index contributed by atoms with van der Waals surface area (Å²) in [7, 11) is 0. The molecule has 0 spiro atoms. The molecule has 0 amide bonds. The summed E-state index contributed by atoms with van der Waals surface area (Å²) in [5, 5.41) is 0. The van der Waals surface area contributed by atoms with E-state index in [0.29, 0.717) is 0 Å². The number of rotatable bonds is 4. The highest BCUT2D eigenvalue weighted by Crippen LogP contribution is 2.38. The van der Waals surface area contributed by atoms with Gasteiger partial charge in [-0.05, 0) is 31.5 Å². The summed E-state index contributed by atoms with van der Waals surface area (Å²) in [5.74, 6) is -4.96. The van der Waals surface area contributed by atoms with Gasteiger partial charge < -0.3 is 4.74 Å². The van der Waals surface area contributed by atoms with E-state index in [1.807, 2.05) is 0 Å². The molecule has 0 fully saturated rings. The van der Waals surface area contributed by atoms with Crippen molar-refractivity contribution in [2.75, 3.05) is 0 Å². The van der Waals surface area contributed by atoms with E-state index in [4.69, 9.17) is 4.74 Å². The summed E-state index contributed by atoms with van der Waals surface area (Å²) in [5.41, 5.74) is 0.0851. The van der Waals surface area contributed by atoms with E-state index < -0.39 is 35.9 Å². The van der Waals surface area contributed by atoms with Crippen molar-refractivity contribution in [3.8, 4) is 0 Å². The third-order valence-electron chi connectivity index (χ3n) is 2.85. The van der Waals surface area contributed by atoms with Crippen molar-refractivity contribution in [3.05, 3.63) is 35.6 Å². The maximum atomic E-state index is 12.9. The fourth-order valence-corrected chi connectivity index (χ4v) is 1.79. The van der Waals surface area contributed by atoms with E-state index in [1.54, 1.807) is 13.8 Å². The van der Waals surface area contributed by atoms with Crippen LogP contribution in [0.2, 0.25) is 0 Å². The van der Waals surface area contributed by atoms with E-state index >= 15 is 0 Å². The minimum Gasteiger partial charge on any atom is -0.462 e. The molecule has 0 radical (unpaired) electrons. The van der Waals surface area contributed by atoms with Crippen molar-refractivity contribution in [3.63, 3.8) is 0 Å². The average Bonchev–Trinajstić information content (AvgIpc) is 2.29. The van der Waals surface area contributed by atoms with Gasteiger partial charge >= 0.3 is 12.1 Å². The van der Waals surface area contributed by atoms with Crippen LogP contribution in [-0.4, -0.2) is 18.2 Å². The standard InChI is InChI=1S/C14H16F4O2/c1-8(2)20-13(19)12(9(3)14(16,17)18)10-4-6-11(15)7-5-10/h4-9,12H,1-3H3. The van der Waals surface area contributed by atoms with Gasteiger partial charge in [-0.15, -0.1) is 0 Å². The zero-order chi connectivity index (χ0) is 15.5. The lowest BCUT2D eigenvalue weighted by Crippen LogP contribution is -2.33. The minimum absolute atomic E-state index is 0.0851. The number of carbonyl (C=O) groups is 1. The Kier molecular flexibility index (Phi) is 5.14. The minimum atomic E-state index is -4.55. The zero-order valence-corrected chi connectivity index (χ0v) is 11.4. The highest BCUT2D eigenvalue weighted by atomic mass is 19.4. The van der Waals surface area contributed by atoms with Gasteiger partial charge in [0.25, 0.3) is 0 Å². The number of carbonyl (C=O) groups excluding carboxylic acids is 1. The first kappa shape index (κ1) is 16.5. The topological polar surface area (TPSA) is 26.3 Å². The number of benzene rings is 1. The van der Waals surface area contributed by atoms with E-state index in [-0.39, 0.29) is 5.56 Å². The van der Waals surface area contributed by atoms with Crippen LogP contribution in [0.25, 0.3) is 0 Å². The fourth-order valence-electron chi connectivity index (χ4n) is 1.79. The molecular formula is C14H16F4O2. The van der Waals surface area contributed by atoms with Crippen molar-refractivity contribution in [1.82, 2.24) is 0 Å². The highest BCUT2D eigenvalue weighted by molar-refractivity contribution is 5.78. The Morgan fingerprint density at radius 2 is 1.60 bits per heavy atom. The number of hydrogen-bond donors (Lipinski definition) is 0. The smallest absolute Gasteiger partial charge is 0.392 e. The molecule has 1 aromatic carbocycles. The molecule has 2 nitrogen and oxygen atoms in total. The van der Waals surface area contributed by atoms with Gasteiger partial charge in [-0.1, -0.05) is 19.1 Å². The Balaban J connectivity index is 3.13. The maximum Gasteiger partial charge on any atom is 0.392 e. The highest BCUT2D eigenvalue weighted by Gasteiger charge is 2.45. The monoisotopic (exact) mass is 292 g/mol. The predicted molar refractivity (Wildman–Crippen MR) is 65.6 cm³/mol. The van der Waals surface area contributed by atoms with Crippen molar-refractivity contribution in [1.29, 1.82) is 0 Å². The largest absolute Gasteiger partial charge is 0.462 e. The van der Waals surface area contributed by atoms with E-state index in [0.717, 1.165) is 19.1 Å². The zero-order valence-electron chi connectivity index (χ0n) is 11.4. The number of halogens is 4. The lowest BCUT2D eigenvalue weighted by molar-refractivity contribution is -0.187. The Morgan fingerprint density at radius 3 is 2.00 bits per heavy atom. The maximum absolute atomic E-state index is 12.9. The van der Waals surface area contributed by atoms with E-state index in [2.05, 4.69) is 0 Å². The summed E-state index contributed by atoms with van der Waals surface area (Å²) in [4.78, 5) is 11.9. The van der Waals surface area contributed by atoms with Crippen LogP contribution in [0.5, 0.6) is 0 Å². The summed E-state index contributed by atoms with van der Waals surface area (Å²) in [6.07, 6.45) is -5.07. The van der Waals surface area contributed by atoms with Crippen molar-refractivity contribution in [2.24, 2.45) is 5.92 Å². The van der Waals surface area contributed by atoms with Crippen LogP contribution >= 0.6 is 0 Å². The molecule has 2 atom stereocenters. The summed E-state index contributed by atoms with van der Waals surface area (Å²) < 4.78 is 56.4. The van der Waals surface area contributed by atoms with Crippen molar-refractivity contribution in [2.45, 2.75) is 39.0 Å². The second kappa shape index (κ2) is 6.24. The molecule has 1 rings (SSSR count). The molecule has 1 aromatic rings. The molecule has 0 N–H and O–H groups in total. The van der Waals surface area contributed by atoms with Gasteiger partial charge in [0.05, 0.1) is 17.9 Å². The Bertz CT molecular complexity index is 451. The third-order valence-corrected chi connectivity index (χ3v) is 2.85. The van der Waals surface area contributed by atoms with Crippen LogP contribution < -0.4 is 0 Å². The van der Waals surface area contributed by atoms with Crippen molar-refractivity contribution >= 4 is 5.97 Å². The normalized spacial score (nSPS) is 15.0. The lowest BCUT2D eigenvalue weighted by atomic mass is 9.86. The molecule has 0 heterocycles. The van der Waals surface area contributed by atoms with Gasteiger partial charge in [0.2, 0.25) is 0 Å². The Labute approximate surface area is 114 Å². The third kappa shape index (κ3) is 4.21. The van der Waals surface area contributed by atoms with Gasteiger partial charge in [0.15, 0.2) is 0 Å². The lowest BCUT2D eigenvalue weighted by Gasteiger charge is -2.25. The van der Waals surface area contributed by atoms with Crippen LogP contribution in [0.4, 0.5) is 17.6 Å². The van der Waals surface area contributed by atoms with Gasteiger partial charge in [-0.3, -0.25) is 4.79 Å². The quantitative estimate of drug-likeness (QED) is 0.618. The van der Waals surface area contributed by atoms with Crippen LogP contribution in [0.15, 0.2) is 24.3 Å². The molecule has 0 saturated carbocycles. The Morgan fingerprint density at radius 1 is 1.10 bits per heavy atom. The van der Waals surface area contributed by atoms with Gasteiger partial charge in [-0.2, -0.15) is 13.2 Å². The summed E-state index contributed by atoms with van der Waals surface area (Å²) in [6, 6.07) is 4.38. The summed E-state index contributed by atoms with van der Waals surface area (Å²) >= 11 is 0. The number of hydrogen-bond acceptors (Lipinski definition) is 2. The van der Waals surface area contributed by atoms with Gasteiger partial charge in [0, 0.05) is 0 Å². The number of ether oxygens (including phenoxy) is 1. The predicted octanol–water partition coefficient (Wildman–Crippen LogP) is 4.06. The first-order valence-corrected chi connectivity index (χ1v) is 6.15. The van der Waals surface area contributed by atoms with Crippen LogP contribution in [0, 0.1) is 11.7 Å². The second-order valence-corrected chi connectivity index (χ2v) is 4.85. The molecular weight excluding hydrogens is 276 g/mol. The summed E-state index contributed by atoms with van der Waals surface area (Å²) in [6.45, 7) is 4.02. The van der Waals surface area contributed by atoms with Gasteiger partial charge in [0.1, 0.15) is 5.82 Å².